The summed E-state index contributed by atoms with van der Waals surface area (Å²) >= 11 is 1.16. The summed E-state index contributed by atoms with van der Waals surface area (Å²) in [6, 6.07) is 0. The van der Waals surface area contributed by atoms with Crippen LogP contribution in [-0.2, 0) is 0 Å². The van der Waals surface area contributed by atoms with Gasteiger partial charge in [0.05, 0.1) is 11.5 Å². The highest BCUT2D eigenvalue weighted by molar-refractivity contribution is 8.04. The van der Waals surface area contributed by atoms with Crippen LogP contribution in [0.15, 0.2) is 27.9 Å². The minimum absolute atomic E-state index is 0.0696. The van der Waals surface area contributed by atoms with E-state index in [4.69, 9.17) is 15.7 Å². The molecule has 0 aromatic carbocycles. The molecule has 0 aliphatic heterocycles. The number of thioether (sulfide) groups is 1. The molecule has 0 heterocycles. The fraction of sp³-hybridized carbons (Fsp3) is 0.250. The van der Waals surface area contributed by atoms with Crippen molar-refractivity contribution < 1.29 is 15.2 Å². The minimum Gasteiger partial charge on any atom is -0.410 e. The van der Waals surface area contributed by atoms with Gasteiger partial charge in [-0.25, -0.2) is 0 Å². The molecular formula is C8H9N3O4S. The van der Waals surface area contributed by atoms with Gasteiger partial charge in [0.2, 0.25) is 0 Å². The summed E-state index contributed by atoms with van der Waals surface area (Å²) < 4.78 is 0. The molecule has 16 heavy (non-hydrogen) atoms. The molecule has 0 aromatic heterocycles. The third-order valence-electron chi connectivity index (χ3n) is 1.76. The van der Waals surface area contributed by atoms with Crippen molar-refractivity contribution in [2.24, 2.45) is 5.16 Å². The van der Waals surface area contributed by atoms with Crippen molar-refractivity contribution in [2.75, 3.05) is 12.4 Å². The first kappa shape index (κ1) is 12.4. The Labute approximate surface area is 94.8 Å². The van der Waals surface area contributed by atoms with E-state index in [0.29, 0.717) is 10.7 Å². The van der Waals surface area contributed by atoms with Crippen LogP contribution in [0.1, 0.15) is 0 Å². The molecule has 3 N–H and O–H groups in total. The lowest BCUT2D eigenvalue weighted by atomic mass is 10.1. The van der Waals surface area contributed by atoms with Crippen LogP contribution in [0.5, 0.6) is 0 Å². The third kappa shape index (κ3) is 2.47. The lowest BCUT2D eigenvalue weighted by Gasteiger charge is -2.11. The van der Waals surface area contributed by atoms with Crippen LogP contribution in [0.4, 0.5) is 0 Å². The smallest absolute Gasteiger partial charge is 0.296 e. The average molecular weight is 243 g/mol. The van der Waals surface area contributed by atoms with Crippen LogP contribution in [0, 0.1) is 15.5 Å². The molecule has 1 aliphatic rings. The Balaban J connectivity index is 3.02. The number of nitro groups is 1. The maximum Gasteiger partial charge on any atom is 0.296 e. The first-order chi connectivity index (χ1) is 7.61. The highest BCUT2D eigenvalue weighted by atomic mass is 32.2. The maximum absolute atomic E-state index is 10.5. The summed E-state index contributed by atoms with van der Waals surface area (Å²) in [5.74, 6) is 0.361. The third-order valence-corrected chi connectivity index (χ3v) is 2.79. The minimum atomic E-state index is -0.711. The number of allylic oxidation sites excluding steroid dienone is 4. The molecule has 0 aromatic rings. The first-order valence-corrected chi connectivity index (χ1v) is 5.22. The second kappa shape index (κ2) is 5.42. The Bertz CT molecular complexity index is 414. The number of nitrogens with one attached hydrogen (secondary N) is 1. The van der Waals surface area contributed by atoms with Crippen molar-refractivity contribution >= 4 is 23.2 Å². The van der Waals surface area contributed by atoms with E-state index in [-0.39, 0.29) is 12.3 Å². The molecule has 8 heteroatoms. The number of aliphatic hydroxyl groups excluding tert-OH is 1. The summed E-state index contributed by atoms with van der Waals surface area (Å²) in [7, 11) is 0. The van der Waals surface area contributed by atoms with Crippen molar-refractivity contribution in [3.8, 4) is 0 Å². The molecule has 0 unspecified atom stereocenters. The van der Waals surface area contributed by atoms with E-state index in [1.54, 1.807) is 0 Å². The summed E-state index contributed by atoms with van der Waals surface area (Å²) in [6.07, 6.45) is 2.57. The first-order valence-electron chi connectivity index (χ1n) is 4.23. The Morgan fingerprint density at radius 3 is 2.75 bits per heavy atom. The van der Waals surface area contributed by atoms with Crippen molar-refractivity contribution in [1.29, 1.82) is 5.41 Å². The van der Waals surface area contributed by atoms with Gasteiger partial charge in [0.15, 0.2) is 5.71 Å². The molecule has 7 nitrogen and oxygen atoms in total. The molecular weight excluding hydrogens is 234 g/mol. The van der Waals surface area contributed by atoms with E-state index >= 15 is 0 Å². The molecule has 1 aliphatic carbocycles. The zero-order valence-corrected chi connectivity index (χ0v) is 8.90. The van der Waals surface area contributed by atoms with Crippen molar-refractivity contribution in [3.05, 3.63) is 32.9 Å². The van der Waals surface area contributed by atoms with E-state index in [9.17, 15) is 10.1 Å². The average Bonchev–Trinajstić information content (AvgIpc) is 2.25. The molecule has 0 amide bonds. The predicted octanol–water partition coefficient (Wildman–Crippen LogP) is 0.620. The van der Waals surface area contributed by atoms with Gasteiger partial charge in [-0.2, -0.15) is 0 Å². The van der Waals surface area contributed by atoms with E-state index in [1.807, 2.05) is 0 Å². The SMILES string of the molecule is N=C1C([N+](=O)[O-])=CC=C(SCCO)/C1=N/O. The van der Waals surface area contributed by atoms with Crippen LogP contribution >= 0.6 is 11.8 Å². The van der Waals surface area contributed by atoms with Gasteiger partial charge in [0, 0.05) is 16.7 Å². The van der Waals surface area contributed by atoms with E-state index in [1.165, 1.54) is 12.2 Å². The summed E-state index contributed by atoms with van der Waals surface area (Å²) in [5, 5.41) is 38.2. The van der Waals surface area contributed by atoms with Crippen molar-refractivity contribution in [2.45, 2.75) is 0 Å². The number of oxime groups is 1. The summed E-state index contributed by atoms with van der Waals surface area (Å²) in [6.45, 7) is -0.0696. The quantitative estimate of drug-likeness (QED) is 0.289. The number of aliphatic hydroxyl groups is 1. The highest BCUT2D eigenvalue weighted by Crippen LogP contribution is 2.23. The van der Waals surface area contributed by atoms with Gasteiger partial charge >= 0.3 is 0 Å². The molecule has 0 saturated heterocycles. The zero-order chi connectivity index (χ0) is 12.1. The van der Waals surface area contributed by atoms with Gasteiger partial charge in [-0.15, -0.1) is 11.8 Å². The van der Waals surface area contributed by atoms with Crippen LogP contribution in [0.25, 0.3) is 0 Å². The lowest BCUT2D eigenvalue weighted by Crippen LogP contribution is -2.24. The summed E-state index contributed by atoms with van der Waals surface area (Å²) in [4.78, 5) is 10.2. The van der Waals surface area contributed by atoms with Gasteiger partial charge in [-0.3, -0.25) is 15.5 Å². The Morgan fingerprint density at radius 1 is 1.56 bits per heavy atom. The van der Waals surface area contributed by atoms with Crippen LogP contribution in [0.2, 0.25) is 0 Å². The van der Waals surface area contributed by atoms with Crippen molar-refractivity contribution in [1.82, 2.24) is 0 Å². The van der Waals surface area contributed by atoms with Crippen LogP contribution < -0.4 is 0 Å². The fourth-order valence-electron chi connectivity index (χ4n) is 1.08. The molecule has 1 rings (SSSR count). The van der Waals surface area contributed by atoms with Gasteiger partial charge in [-0.05, 0) is 6.08 Å². The molecule has 0 atom stereocenters. The summed E-state index contributed by atoms with van der Waals surface area (Å²) in [5.41, 5.74) is -0.996. The number of hydrogen-bond acceptors (Lipinski definition) is 7. The van der Waals surface area contributed by atoms with Gasteiger partial charge < -0.3 is 10.3 Å². The van der Waals surface area contributed by atoms with Crippen molar-refractivity contribution in [3.63, 3.8) is 0 Å². The maximum atomic E-state index is 10.5. The van der Waals surface area contributed by atoms with Crippen LogP contribution in [-0.4, -0.2) is 39.0 Å². The van der Waals surface area contributed by atoms with E-state index in [2.05, 4.69) is 5.16 Å². The topological polar surface area (TPSA) is 120 Å². The standard InChI is InChI=1S/C8H9N3O4S/c9-7-5(11(14)15)1-2-6(8(7)10-13)16-4-3-12/h1-2,9,12-13H,3-4H2/b9-7?,10-8-. The molecule has 86 valence electrons. The number of hydrogen-bond donors (Lipinski definition) is 3. The lowest BCUT2D eigenvalue weighted by molar-refractivity contribution is -0.414. The fourth-order valence-corrected chi connectivity index (χ4v) is 1.84. The molecule has 0 bridgehead atoms. The normalized spacial score (nSPS) is 18.3. The van der Waals surface area contributed by atoms with E-state index in [0.717, 1.165) is 11.8 Å². The van der Waals surface area contributed by atoms with Gasteiger partial charge in [-0.1, -0.05) is 5.16 Å². The molecule has 0 fully saturated rings. The second-order valence-corrected chi connectivity index (χ2v) is 3.87. The largest absolute Gasteiger partial charge is 0.410 e. The molecule has 0 spiro atoms. The second-order valence-electron chi connectivity index (χ2n) is 2.74. The van der Waals surface area contributed by atoms with Crippen LogP contribution in [0.3, 0.4) is 0 Å². The number of rotatable bonds is 4. The molecule has 0 radical (unpaired) electrons. The molecule has 0 saturated carbocycles. The Hall–Kier alpha value is -1.67. The Morgan fingerprint density at radius 2 is 2.25 bits per heavy atom. The van der Waals surface area contributed by atoms with Gasteiger partial charge in [0.25, 0.3) is 5.70 Å². The predicted molar refractivity (Wildman–Crippen MR) is 59.7 cm³/mol. The zero-order valence-electron chi connectivity index (χ0n) is 8.08. The Kier molecular flexibility index (Phi) is 4.20. The number of nitrogens with zero attached hydrogens (tertiary/aromatic N) is 2. The monoisotopic (exact) mass is 243 g/mol. The highest BCUT2D eigenvalue weighted by Gasteiger charge is 2.28. The van der Waals surface area contributed by atoms with E-state index < -0.39 is 16.3 Å². The van der Waals surface area contributed by atoms with Gasteiger partial charge in [0.1, 0.15) is 5.71 Å².